The van der Waals surface area contributed by atoms with Crippen LogP contribution in [0.2, 0.25) is 0 Å². The molecule has 170 valence electrons. The number of ether oxygens (including phenoxy) is 1. The third-order valence-corrected chi connectivity index (χ3v) is 6.27. The number of carbonyl (C=O) groups is 1. The Morgan fingerprint density at radius 1 is 1.18 bits per heavy atom. The lowest BCUT2D eigenvalue weighted by Crippen LogP contribution is -2.60. The topological polar surface area (TPSA) is 114 Å². The maximum absolute atomic E-state index is 12.3. The number of benzene rings is 2. The summed E-state index contributed by atoms with van der Waals surface area (Å²) in [4.78, 5) is 26.0. The standard InChI is InChI=1S/C23H24N6O3S/c1-3-31-18-10-6-7-15-13(2)24-21(28-20(15)18)29-22-25-14(11-19(30)27-22)12-33-23-26-16-8-4-5-9-17(16)32-23/h4-10,14,22,25H,3,11-12H2,1-2H3,(H,27,30)(H,24,28,29). The summed E-state index contributed by atoms with van der Waals surface area (Å²) in [7, 11) is 0. The lowest BCUT2D eigenvalue weighted by atomic mass is 10.2. The third kappa shape index (κ3) is 4.71. The number of hydrogen-bond donors (Lipinski definition) is 3. The van der Waals surface area contributed by atoms with E-state index in [-0.39, 0.29) is 11.9 Å². The highest BCUT2D eigenvalue weighted by Crippen LogP contribution is 2.27. The van der Waals surface area contributed by atoms with Crippen LogP contribution in [0.1, 0.15) is 19.0 Å². The van der Waals surface area contributed by atoms with E-state index in [4.69, 9.17) is 9.15 Å². The number of para-hydroxylation sites is 3. The monoisotopic (exact) mass is 464 g/mol. The number of anilines is 1. The third-order valence-electron chi connectivity index (χ3n) is 5.28. The van der Waals surface area contributed by atoms with Gasteiger partial charge in [0.2, 0.25) is 11.9 Å². The van der Waals surface area contributed by atoms with Crippen molar-refractivity contribution in [3.8, 4) is 5.75 Å². The minimum atomic E-state index is -0.503. The first kappa shape index (κ1) is 21.5. The average molecular weight is 465 g/mol. The first-order valence-electron chi connectivity index (χ1n) is 10.8. The van der Waals surface area contributed by atoms with Crippen LogP contribution < -0.4 is 20.7 Å². The first-order valence-corrected chi connectivity index (χ1v) is 11.8. The van der Waals surface area contributed by atoms with Gasteiger partial charge in [0.15, 0.2) is 11.9 Å². The van der Waals surface area contributed by atoms with E-state index in [2.05, 4.69) is 30.9 Å². The summed E-state index contributed by atoms with van der Waals surface area (Å²) in [6.45, 7) is 4.41. The van der Waals surface area contributed by atoms with E-state index in [1.807, 2.05) is 56.3 Å². The summed E-state index contributed by atoms with van der Waals surface area (Å²) >= 11 is 1.48. The Morgan fingerprint density at radius 3 is 2.91 bits per heavy atom. The van der Waals surface area contributed by atoms with Crippen LogP contribution in [0.3, 0.4) is 0 Å². The van der Waals surface area contributed by atoms with Crippen molar-refractivity contribution in [2.45, 2.75) is 37.8 Å². The predicted molar refractivity (Wildman–Crippen MR) is 127 cm³/mol. The number of amides is 1. The van der Waals surface area contributed by atoms with E-state index in [0.717, 1.165) is 27.7 Å². The van der Waals surface area contributed by atoms with E-state index < -0.39 is 6.29 Å². The lowest BCUT2D eigenvalue weighted by Gasteiger charge is -2.31. The number of hydrogen-bond acceptors (Lipinski definition) is 9. The van der Waals surface area contributed by atoms with Gasteiger partial charge in [0.05, 0.1) is 12.3 Å². The van der Waals surface area contributed by atoms with E-state index in [9.17, 15) is 4.79 Å². The molecule has 9 nitrogen and oxygen atoms in total. The van der Waals surface area contributed by atoms with Gasteiger partial charge in [-0.2, -0.15) is 0 Å². The molecule has 0 bridgehead atoms. The Bertz CT molecular complexity index is 1280. The molecule has 1 saturated heterocycles. The largest absolute Gasteiger partial charge is 0.492 e. The fraction of sp³-hybridized carbons (Fsp3) is 0.304. The number of aryl methyl sites for hydroxylation is 1. The number of oxazole rings is 1. The molecule has 2 unspecified atom stereocenters. The van der Waals surface area contributed by atoms with Crippen molar-refractivity contribution in [1.29, 1.82) is 0 Å². The van der Waals surface area contributed by atoms with E-state index >= 15 is 0 Å². The normalized spacial score (nSPS) is 18.4. The lowest BCUT2D eigenvalue weighted by molar-refractivity contribution is -0.123. The molecule has 0 saturated carbocycles. The Balaban J connectivity index is 1.29. The quantitative estimate of drug-likeness (QED) is 0.354. The summed E-state index contributed by atoms with van der Waals surface area (Å²) in [6, 6.07) is 13.4. The molecule has 3 N–H and O–H groups in total. The van der Waals surface area contributed by atoms with E-state index in [0.29, 0.717) is 35.7 Å². The second-order valence-electron chi connectivity index (χ2n) is 7.69. The van der Waals surface area contributed by atoms with Gasteiger partial charge >= 0.3 is 0 Å². The Labute approximate surface area is 194 Å². The highest BCUT2D eigenvalue weighted by Gasteiger charge is 2.27. The summed E-state index contributed by atoms with van der Waals surface area (Å²) in [5, 5.41) is 11.0. The Hall–Kier alpha value is -3.37. The molecular weight excluding hydrogens is 440 g/mol. The Morgan fingerprint density at radius 2 is 2.06 bits per heavy atom. The predicted octanol–water partition coefficient (Wildman–Crippen LogP) is 3.44. The molecule has 1 fully saturated rings. The highest BCUT2D eigenvalue weighted by atomic mass is 32.2. The molecule has 1 amide bonds. The first-order chi connectivity index (χ1) is 16.1. The molecular formula is C23H24N6O3S. The van der Waals surface area contributed by atoms with Crippen LogP contribution in [0.4, 0.5) is 5.95 Å². The van der Waals surface area contributed by atoms with Gasteiger partial charge in [-0.25, -0.2) is 15.0 Å². The molecule has 2 atom stereocenters. The van der Waals surface area contributed by atoms with Crippen molar-refractivity contribution in [1.82, 2.24) is 25.6 Å². The van der Waals surface area contributed by atoms with E-state index in [1.165, 1.54) is 11.8 Å². The van der Waals surface area contributed by atoms with Crippen LogP contribution in [0, 0.1) is 6.92 Å². The molecule has 0 radical (unpaired) electrons. The van der Waals surface area contributed by atoms with Gasteiger partial charge in [-0.1, -0.05) is 36.0 Å². The minimum Gasteiger partial charge on any atom is -0.492 e. The Kier molecular flexibility index (Phi) is 6.01. The van der Waals surface area contributed by atoms with Gasteiger partial charge < -0.3 is 19.8 Å². The van der Waals surface area contributed by atoms with Gasteiger partial charge in [0.25, 0.3) is 5.22 Å². The van der Waals surface area contributed by atoms with Crippen molar-refractivity contribution in [2.24, 2.45) is 0 Å². The number of fused-ring (bicyclic) bond motifs is 2. The molecule has 4 aromatic rings. The molecule has 3 heterocycles. The van der Waals surface area contributed by atoms with Crippen LogP contribution in [0.5, 0.6) is 5.75 Å². The number of nitrogens with zero attached hydrogens (tertiary/aromatic N) is 3. The molecule has 33 heavy (non-hydrogen) atoms. The van der Waals surface area contributed by atoms with Gasteiger partial charge in [-0.3, -0.25) is 10.1 Å². The number of thioether (sulfide) groups is 1. The maximum atomic E-state index is 12.3. The van der Waals surface area contributed by atoms with Gasteiger partial charge in [0.1, 0.15) is 16.8 Å². The van der Waals surface area contributed by atoms with Gasteiger partial charge in [-0.15, -0.1) is 0 Å². The number of carbonyl (C=O) groups excluding carboxylic acids is 1. The van der Waals surface area contributed by atoms with Crippen LogP contribution >= 0.6 is 11.8 Å². The van der Waals surface area contributed by atoms with Crippen LogP contribution in [0.15, 0.2) is 52.1 Å². The summed E-state index contributed by atoms with van der Waals surface area (Å²) < 4.78 is 11.5. The van der Waals surface area contributed by atoms with Crippen molar-refractivity contribution in [2.75, 3.05) is 17.7 Å². The zero-order valence-corrected chi connectivity index (χ0v) is 19.1. The van der Waals surface area contributed by atoms with Gasteiger partial charge in [-0.05, 0) is 32.0 Å². The SMILES string of the molecule is CCOc1cccc2c(C)nc(NC3NC(=O)CC(CSc4nc5ccccc5o4)N3)nc12. The molecule has 0 aliphatic carbocycles. The molecule has 5 rings (SSSR count). The fourth-order valence-corrected chi connectivity index (χ4v) is 4.66. The number of nitrogens with one attached hydrogen (secondary N) is 3. The van der Waals surface area contributed by atoms with Crippen LogP contribution in [0.25, 0.3) is 22.0 Å². The van der Waals surface area contributed by atoms with Crippen molar-refractivity contribution >= 4 is 45.6 Å². The molecule has 10 heteroatoms. The number of rotatable bonds is 7. The summed E-state index contributed by atoms with van der Waals surface area (Å²) in [6.07, 6.45) is -0.145. The summed E-state index contributed by atoms with van der Waals surface area (Å²) in [5.74, 6) is 1.70. The average Bonchev–Trinajstić information content (AvgIpc) is 3.21. The van der Waals surface area contributed by atoms with Crippen molar-refractivity contribution in [3.63, 3.8) is 0 Å². The second kappa shape index (κ2) is 9.24. The molecule has 2 aromatic heterocycles. The second-order valence-corrected chi connectivity index (χ2v) is 8.66. The van der Waals surface area contributed by atoms with Crippen molar-refractivity contribution < 1.29 is 13.9 Å². The number of aromatic nitrogens is 3. The molecule has 1 aliphatic heterocycles. The van der Waals surface area contributed by atoms with Crippen LogP contribution in [-0.4, -0.2) is 45.6 Å². The van der Waals surface area contributed by atoms with E-state index in [1.54, 1.807) is 0 Å². The zero-order chi connectivity index (χ0) is 22.8. The zero-order valence-electron chi connectivity index (χ0n) is 18.3. The van der Waals surface area contributed by atoms with Crippen LogP contribution in [-0.2, 0) is 4.79 Å². The van der Waals surface area contributed by atoms with Gasteiger partial charge in [0, 0.05) is 23.6 Å². The molecule has 2 aromatic carbocycles. The fourth-order valence-electron chi connectivity index (χ4n) is 3.79. The highest BCUT2D eigenvalue weighted by molar-refractivity contribution is 7.99. The minimum absolute atomic E-state index is 0.0538. The smallest absolute Gasteiger partial charge is 0.256 e. The maximum Gasteiger partial charge on any atom is 0.256 e. The molecule has 1 aliphatic rings. The summed E-state index contributed by atoms with van der Waals surface area (Å²) in [5.41, 5.74) is 3.14. The van der Waals surface area contributed by atoms with Crippen molar-refractivity contribution in [3.05, 3.63) is 48.2 Å². The molecule has 0 spiro atoms.